The van der Waals surface area contributed by atoms with E-state index in [9.17, 15) is 9.59 Å². The molecule has 0 saturated carbocycles. The van der Waals surface area contributed by atoms with E-state index < -0.39 is 5.97 Å². The summed E-state index contributed by atoms with van der Waals surface area (Å²) in [5.41, 5.74) is 2.10. The Bertz CT molecular complexity index is 884. The average Bonchev–Trinajstić information content (AvgIpc) is 3.10. The van der Waals surface area contributed by atoms with E-state index in [1.54, 1.807) is 0 Å². The Balaban J connectivity index is 1.60. The van der Waals surface area contributed by atoms with E-state index in [4.69, 9.17) is 5.11 Å². The lowest BCUT2D eigenvalue weighted by Gasteiger charge is -2.01. The third-order valence-electron chi connectivity index (χ3n) is 3.24. The second-order valence-corrected chi connectivity index (χ2v) is 6.12. The van der Waals surface area contributed by atoms with Crippen LogP contribution >= 0.6 is 11.3 Å². The first-order valence-corrected chi connectivity index (χ1v) is 7.76. The minimum absolute atomic E-state index is 0.104. The summed E-state index contributed by atoms with van der Waals surface area (Å²) in [6.07, 6.45) is 2.85. The number of aromatic nitrogens is 3. The summed E-state index contributed by atoms with van der Waals surface area (Å²) in [7, 11) is 0. The molecule has 0 saturated heterocycles. The number of amides is 1. The molecule has 118 valence electrons. The van der Waals surface area contributed by atoms with E-state index in [0.717, 1.165) is 15.8 Å². The Kier molecular flexibility index (Phi) is 4.07. The Morgan fingerprint density at radius 3 is 2.96 bits per heavy atom. The molecule has 0 aliphatic carbocycles. The maximum Gasteiger partial charge on any atom is 0.338 e. The molecule has 1 aromatic carbocycles. The molecule has 0 unspecified atom stereocenters. The van der Waals surface area contributed by atoms with Crippen LogP contribution in [0.5, 0.6) is 0 Å². The van der Waals surface area contributed by atoms with Crippen LogP contribution in [-0.2, 0) is 11.3 Å². The van der Waals surface area contributed by atoms with E-state index in [-0.39, 0.29) is 17.9 Å². The molecule has 1 amide bonds. The summed E-state index contributed by atoms with van der Waals surface area (Å²) in [4.78, 5) is 27.1. The number of thiazole rings is 1. The van der Waals surface area contributed by atoms with Crippen LogP contribution in [0.15, 0.2) is 30.6 Å². The van der Waals surface area contributed by atoms with Gasteiger partial charge in [0.1, 0.15) is 0 Å². The molecular weight excluding hydrogens is 316 g/mol. The zero-order chi connectivity index (χ0) is 16.4. The first-order valence-electron chi connectivity index (χ1n) is 6.94. The predicted octanol–water partition coefficient (Wildman–Crippen LogP) is 2.53. The molecular formula is C15H14N4O3S. The quantitative estimate of drug-likeness (QED) is 0.749. The number of aryl methyl sites for hydroxylation is 2. The van der Waals surface area contributed by atoms with Gasteiger partial charge in [-0.3, -0.25) is 9.48 Å². The van der Waals surface area contributed by atoms with E-state index in [1.165, 1.54) is 28.4 Å². The lowest BCUT2D eigenvalue weighted by molar-refractivity contribution is -0.116. The van der Waals surface area contributed by atoms with Crippen molar-refractivity contribution in [1.82, 2.24) is 14.8 Å². The SMILES string of the molecule is Cc1ccc2nc(NC(=O)CCn3cc(C(=O)O)cn3)sc2c1. The molecule has 2 heterocycles. The van der Waals surface area contributed by atoms with Crippen molar-refractivity contribution >= 4 is 38.6 Å². The number of carbonyl (C=O) groups excluding carboxylic acids is 1. The molecule has 2 N–H and O–H groups in total. The van der Waals surface area contributed by atoms with Gasteiger partial charge in [0.2, 0.25) is 5.91 Å². The van der Waals surface area contributed by atoms with Crippen molar-refractivity contribution < 1.29 is 14.7 Å². The van der Waals surface area contributed by atoms with Crippen molar-refractivity contribution in [2.24, 2.45) is 0 Å². The average molecular weight is 330 g/mol. The topological polar surface area (TPSA) is 97.1 Å². The lowest BCUT2D eigenvalue weighted by atomic mass is 10.2. The summed E-state index contributed by atoms with van der Waals surface area (Å²) in [6.45, 7) is 2.32. The van der Waals surface area contributed by atoms with Crippen molar-refractivity contribution in [3.05, 3.63) is 41.7 Å². The maximum absolute atomic E-state index is 12.0. The van der Waals surface area contributed by atoms with Crippen LogP contribution in [-0.4, -0.2) is 31.7 Å². The molecule has 7 nitrogen and oxygen atoms in total. The number of rotatable bonds is 5. The molecule has 0 aliphatic heterocycles. The summed E-state index contributed by atoms with van der Waals surface area (Å²) >= 11 is 1.43. The highest BCUT2D eigenvalue weighted by Crippen LogP contribution is 2.26. The normalized spacial score (nSPS) is 10.8. The van der Waals surface area contributed by atoms with Crippen molar-refractivity contribution in [1.29, 1.82) is 0 Å². The fourth-order valence-corrected chi connectivity index (χ4v) is 3.06. The van der Waals surface area contributed by atoms with Gasteiger partial charge >= 0.3 is 5.97 Å². The maximum atomic E-state index is 12.0. The van der Waals surface area contributed by atoms with Crippen molar-refractivity contribution in [2.45, 2.75) is 19.9 Å². The molecule has 0 bridgehead atoms. The molecule has 3 rings (SSSR count). The highest BCUT2D eigenvalue weighted by molar-refractivity contribution is 7.22. The van der Waals surface area contributed by atoms with Gasteiger partial charge in [-0.1, -0.05) is 17.4 Å². The van der Waals surface area contributed by atoms with Gasteiger partial charge in [-0.2, -0.15) is 5.10 Å². The molecule has 0 spiro atoms. The number of nitrogens with zero attached hydrogens (tertiary/aromatic N) is 3. The Hall–Kier alpha value is -2.74. The van der Waals surface area contributed by atoms with Crippen LogP contribution in [0, 0.1) is 6.92 Å². The van der Waals surface area contributed by atoms with Crippen molar-refractivity contribution in [2.75, 3.05) is 5.32 Å². The molecule has 8 heteroatoms. The van der Waals surface area contributed by atoms with Gasteiger partial charge in [-0.05, 0) is 24.6 Å². The Morgan fingerprint density at radius 2 is 2.22 bits per heavy atom. The fourth-order valence-electron chi connectivity index (χ4n) is 2.08. The van der Waals surface area contributed by atoms with Gasteiger partial charge in [0.25, 0.3) is 0 Å². The number of carbonyl (C=O) groups is 2. The van der Waals surface area contributed by atoms with Gasteiger partial charge in [0.05, 0.1) is 22.0 Å². The molecule has 0 fully saturated rings. The molecule has 3 aromatic rings. The smallest absolute Gasteiger partial charge is 0.338 e. The van der Waals surface area contributed by atoms with Crippen molar-refractivity contribution in [3.8, 4) is 0 Å². The third-order valence-corrected chi connectivity index (χ3v) is 4.17. The summed E-state index contributed by atoms with van der Waals surface area (Å²) in [5, 5.41) is 16.0. The number of hydrogen-bond donors (Lipinski definition) is 2. The van der Waals surface area contributed by atoms with Crippen LogP contribution in [0.25, 0.3) is 10.2 Å². The second kappa shape index (κ2) is 6.17. The molecule has 0 atom stereocenters. The number of anilines is 1. The first-order chi connectivity index (χ1) is 11.0. The zero-order valence-electron chi connectivity index (χ0n) is 12.3. The first kappa shape index (κ1) is 15.2. The Labute approximate surface area is 135 Å². The number of benzene rings is 1. The number of carboxylic acids is 1. The minimum atomic E-state index is -1.04. The van der Waals surface area contributed by atoms with Gasteiger partial charge in [0, 0.05) is 19.2 Å². The minimum Gasteiger partial charge on any atom is -0.478 e. The number of aromatic carboxylic acids is 1. The van der Waals surface area contributed by atoms with Crippen LogP contribution < -0.4 is 5.32 Å². The van der Waals surface area contributed by atoms with Crippen LogP contribution in [0.4, 0.5) is 5.13 Å². The fraction of sp³-hybridized carbons (Fsp3) is 0.200. The standard InChI is InChI=1S/C15H14N4O3S/c1-9-2-3-11-12(6-9)23-15(17-11)18-13(20)4-5-19-8-10(7-16-19)14(21)22/h2-3,6-8H,4-5H2,1H3,(H,21,22)(H,17,18,20). The second-order valence-electron chi connectivity index (χ2n) is 5.09. The zero-order valence-corrected chi connectivity index (χ0v) is 13.1. The van der Waals surface area contributed by atoms with Crippen LogP contribution in [0.3, 0.4) is 0 Å². The number of carboxylic acid groups (broad SMARTS) is 1. The molecule has 0 radical (unpaired) electrons. The summed E-state index contributed by atoms with van der Waals surface area (Å²) in [6, 6.07) is 5.93. The van der Waals surface area contributed by atoms with Gasteiger partial charge < -0.3 is 10.4 Å². The lowest BCUT2D eigenvalue weighted by Crippen LogP contribution is -2.14. The van der Waals surface area contributed by atoms with Crippen molar-refractivity contribution in [3.63, 3.8) is 0 Å². The molecule has 23 heavy (non-hydrogen) atoms. The summed E-state index contributed by atoms with van der Waals surface area (Å²) in [5.74, 6) is -1.22. The van der Waals surface area contributed by atoms with Crippen LogP contribution in [0.1, 0.15) is 22.3 Å². The Morgan fingerprint density at radius 1 is 1.39 bits per heavy atom. The highest BCUT2D eigenvalue weighted by atomic mass is 32.1. The highest BCUT2D eigenvalue weighted by Gasteiger charge is 2.10. The van der Waals surface area contributed by atoms with E-state index in [1.807, 2.05) is 25.1 Å². The molecule has 2 aromatic heterocycles. The van der Waals surface area contributed by atoms with Gasteiger partial charge in [-0.25, -0.2) is 9.78 Å². The van der Waals surface area contributed by atoms with Crippen LogP contribution in [0.2, 0.25) is 0 Å². The number of nitrogens with one attached hydrogen (secondary N) is 1. The van der Waals surface area contributed by atoms with E-state index in [2.05, 4.69) is 15.4 Å². The predicted molar refractivity (Wildman–Crippen MR) is 86.8 cm³/mol. The monoisotopic (exact) mass is 330 g/mol. The largest absolute Gasteiger partial charge is 0.478 e. The van der Waals surface area contributed by atoms with E-state index >= 15 is 0 Å². The molecule has 0 aliphatic rings. The van der Waals surface area contributed by atoms with Gasteiger partial charge in [-0.15, -0.1) is 0 Å². The number of fused-ring (bicyclic) bond motifs is 1. The van der Waals surface area contributed by atoms with Gasteiger partial charge in [0.15, 0.2) is 5.13 Å². The number of hydrogen-bond acceptors (Lipinski definition) is 5. The summed E-state index contributed by atoms with van der Waals surface area (Å²) < 4.78 is 2.46. The van der Waals surface area contributed by atoms with E-state index in [0.29, 0.717) is 11.7 Å². The third kappa shape index (κ3) is 3.54.